The van der Waals surface area contributed by atoms with Crippen molar-refractivity contribution >= 4 is 17.4 Å². The fourth-order valence-corrected chi connectivity index (χ4v) is 4.75. The van der Waals surface area contributed by atoms with Crippen LogP contribution in [0.25, 0.3) is 27.5 Å². The molecule has 0 radical (unpaired) electrons. The molecule has 0 saturated carbocycles. The predicted octanol–water partition coefficient (Wildman–Crippen LogP) is 4.04. The molecule has 0 fully saturated rings. The van der Waals surface area contributed by atoms with Gasteiger partial charge in [-0.3, -0.25) is 9.58 Å². The van der Waals surface area contributed by atoms with Gasteiger partial charge in [-0.2, -0.15) is 4.37 Å². The number of halogens is 1. The van der Waals surface area contributed by atoms with Gasteiger partial charge in [-0.05, 0) is 42.6 Å². The van der Waals surface area contributed by atoms with E-state index in [1.807, 2.05) is 36.8 Å². The first kappa shape index (κ1) is 19.7. The summed E-state index contributed by atoms with van der Waals surface area (Å²) in [6.07, 6.45) is 4.42. The van der Waals surface area contributed by atoms with E-state index in [0.717, 1.165) is 45.6 Å². The van der Waals surface area contributed by atoms with E-state index in [1.54, 1.807) is 18.3 Å². The van der Waals surface area contributed by atoms with E-state index in [-0.39, 0.29) is 11.9 Å². The quantitative estimate of drug-likeness (QED) is 0.478. The summed E-state index contributed by atoms with van der Waals surface area (Å²) < 4.78 is 19.8. The molecule has 0 spiro atoms. The SMILES string of the molecule is CC[C@@H]1c2nnc(C)n2-c2cnc(-c3cnsc3-c3ccc(F)cc3)nc2N1N(C)C. The number of aromatic nitrogens is 6. The molecule has 4 aromatic rings. The maximum atomic E-state index is 13.4. The lowest BCUT2D eigenvalue weighted by Gasteiger charge is -2.40. The van der Waals surface area contributed by atoms with Crippen LogP contribution in [0.3, 0.4) is 0 Å². The minimum atomic E-state index is -0.271. The summed E-state index contributed by atoms with van der Waals surface area (Å²) in [4.78, 5) is 10.5. The van der Waals surface area contributed by atoms with Crippen LogP contribution in [-0.4, -0.2) is 48.2 Å². The van der Waals surface area contributed by atoms with Gasteiger partial charge in [0.1, 0.15) is 23.4 Å². The number of fused-ring (bicyclic) bond motifs is 3. The monoisotopic (exact) mass is 436 g/mol. The molecule has 1 aliphatic heterocycles. The molecule has 5 rings (SSSR count). The van der Waals surface area contributed by atoms with E-state index in [0.29, 0.717) is 5.82 Å². The standard InChI is InChI=1S/C21H21FN8S/c1-5-16-21-27-26-12(2)29(21)17-11-23-19(25-20(17)30(16)28(3)4)15-10-24-31-18(15)13-6-8-14(22)9-7-13/h6-11,16H,5H2,1-4H3/t16-/m1/s1. The van der Waals surface area contributed by atoms with Crippen LogP contribution < -0.4 is 5.01 Å². The van der Waals surface area contributed by atoms with Gasteiger partial charge in [0.15, 0.2) is 17.5 Å². The Kier molecular flexibility index (Phi) is 4.75. The van der Waals surface area contributed by atoms with Gasteiger partial charge < -0.3 is 0 Å². The maximum Gasteiger partial charge on any atom is 0.172 e. The topological polar surface area (TPSA) is 75.9 Å². The largest absolute Gasteiger partial charge is 0.277 e. The highest BCUT2D eigenvalue weighted by molar-refractivity contribution is 7.10. The van der Waals surface area contributed by atoms with Crippen LogP contribution in [0, 0.1) is 12.7 Å². The summed E-state index contributed by atoms with van der Waals surface area (Å²) in [6, 6.07) is 6.39. The number of hydrogen-bond acceptors (Lipinski definition) is 8. The minimum Gasteiger partial charge on any atom is -0.277 e. The minimum absolute atomic E-state index is 0.00335. The van der Waals surface area contributed by atoms with Gasteiger partial charge in [-0.25, -0.2) is 19.4 Å². The van der Waals surface area contributed by atoms with Gasteiger partial charge in [-0.1, -0.05) is 19.1 Å². The van der Waals surface area contributed by atoms with E-state index in [9.17, 15) is 4.39 Å². The summed E-state index contributed by atoms with van der Waals surface area (Å²) in [6.45, 7) is 4.06. The van der Waals surface area contributed by atoms with Crippen LogP contribution in [0.2, 0.25) is 0 Å². The second-order valence-electron chi connectivity index (χ2n) is 7.53. The molecule has 31 heavy (non-hydrogen) atoms. The number of hydrogen-bond donors (Lipinski definition) is 0. The zero-order chi connectivity index (χ0) is 21.7. The van der Waals surface area contributed by atoms with Gasteiger partial charge in [-0.15, -0.1) is 10.2 Å². The Hall–Kier alpha value is -3.24. The van der Waals surface area contributed by atoms with E-state index in [1.165, 1.54) is 23.7 Å². The molecule has 0 aliphatic carbocycles. The Morgan fingerprint density at radius 3 is 2.61 bits per heavy atom. The van der Waals surface area contributed by atoms with E-state index >= 15 is 0 Å². The van der Waals surface area contributed by atoms with Gasteiger partial charge >= 0.3 is 0 Å². The smallest absolute Gasteiger partial charge is 0.172 e. The number of nitrogens with zero attached hydrogens (tertiary/aromatic N) is 8. The van der Waals surface area contributed by atoms with Gasteiger partial charge in [0.05, 0.1) is 22.8 Å². The van der Waals surface area contributed by atoms with Crippen LogP contribution in [0.1, 0.15) is 31.0 Å². The lowest BCUT2D eigenvalue weighted by atomic mass is 10.1. The van der Waals surface area contributed by atoms with Crippen molar-refractivity contribution in [3.05, 3.63) is 54.1 Å². The molecular formula is C21H21FN8S. The highest BCUT2D eigenvalue weighted by atomic mass is 32.1. The fourth-order valence-electron chi connectivity index (χ4n) is 4.00. The average Bonchev–Trinajstić information content (AvgIpc) is 3.40. The lowest BCUT2D eigenvalue weighted by Crippen LogP contribution is -2.44. The third kappa shape index (κ3) is 3.10. The first-order chi connectivity index (χ1) is 15.0. The second kappa shape index (κ2) is 7.47. The third-order valence-corrected chi connectivity index (χ3v) is 6.24. The molecule has 0 bridgehead atoms. The van der Waals surface area contributed by atoms with Crippen molar-refractivity contribution in [1.29, 1.82) is 0 Å². The number of aryl methyl sites for hydroxylation is 1. The highest BCUT2D eigenvalue weighted by Crippen LogP contribution is 2.41. The van der Waals surface area contributed by atoms with E-state index in [4.69, 9.17) is 4.98 Å². The van der Waals surface area contributed by atoms with Crippen LogP contribution >= 0.6 is 11.5 Å². The molecule has 8 nitrogen and oxygen atoms in total. The van der Waals surface area contributed by atoms with Crippen LogP contribution in [-0.2, 0) is 0 Å². The molecule has 4 heterocycles. The number of anilines is 1. The van der Waals surface area contributed by atoms with Crippen molar-refractivity contribution in [2.24, 2.45) is 0 Å². The molecule has 0 saturated heterocycles. The van der Waals surface area contributed by atoms with E-state index < -0.39 is 0 Å². The molecule has 158 valence electrons. The Balaban J connectivity index is 1.68. The van der Waals surface area contributed by atoms with Crippen molar-refractivity contribution in [2.45, 2.75) is 26.3 Å². The molecule has 3 aromatic heterocycles. The Bertz CT molecular complexity index is 1250. The normalized spacial score (nSPS) is 15.3. The molecule has 1 aliphatic rings. The van der Waals surface area contributed by atoms with Gasteiger partial charge in [0.25, 0.3) is 0 Å². The van der Waals surface area contributed by atoms with Gasteiger partial charge in [0.2, 0.25) is 0 Å². The zero-order valence-electron chi connectivity index (χ0n) is 17.6. The zero-order valence-corrected chi connectivity index (χ0v) is 18.4. The molecule has 1 aromatic carbocycles. The number of rotatable bonds is 4. The Labute approximate surface area is 183 Å². The van der Waals surface area contributed by atoms with Crippen molar-refractivity contribution in [1.82, 2.24) is 34.1 Å². The Morgan fingerprint density at radius 1 is 1.13 bits per heavy atom. The molecule has 1 atom stereocenters. The first-order valence-electron chi connectivity index (χ1n) is 9.96. The number of hydrazine groups is 1. The van der Waals surface area contributed by atoms with Crippen molar-refractivity contribution in [2.75, 3.05) is 19.1 Å². The number of benzene rings is 1. The first-order valence-corrected chi connectivity index (χ1v) is 10.7. The van der Waals surface area contributed by atoms with Crippen molar-refractivity contribution < 1.29 is 4.39 Å². The molecule has 0 N–H and O–H groups in total. The van der Waals surface area contributed by atoms with Crippen LogP contribution in [0.15, 0.2) is 36.7 Å². The fraction of sp³-hybridized carbons (Fsp3) is 0.286. The predicted molar refractivity (Wildman–Crippen MR) is 117 cm³/mol. The van der Waals surface area contributed by atoms with Crippen LogP contribution in [0.4, 0.5) is 10.2 Å². The Morgan fingerprint density at radius 2 is 1.90 bits per heavy atom. The van der Waals surface area contributed by atoms with Crippen LogP contribution in [0.5, 0.6) is 0 Å². The molecule has 0 unspecified atom stereocenters. The summed E-state index contributed by atoms with van der Waals surface area (Å²) in [5.74, 6) is 2.76. The molecular weight excluding hydrogens is 415 g/mol. The molecule has 10 heteroatoms. The second-order valence-corrected chi connectivity index (χ2v) is 8.34. The highest BCUT2D eigenvalue weighted by Gasteiger charge is 2.36. The summed E-state index contributed by atoms with van der Waals surface area (Å²) in [7, 11) is 3.98. The summed E-state index contributed by atoms with van der Waals surface area (Å²) >= 11 is 1.34. The molecule has 0 amide bonds. The maximum absolute atomic E-state index is 13.4. The average molecular weight is 437 g/mol. The van der Waals surface area contributed by atoms with Crippen molar-refractivity contribution in [3.8, 4) is 27.5 Å². The van der Waals surface area contributed by atoms with Crippen molar-refractivity contribution in [3.63, 3.8) is 0 Å². The third-order valence-electron chi connectivity index (χ3n) is 5.39. The lowest BCUT2D eigenvalue weighted by molar-refractivity contribution is 0.302. The summed E-state index contributed by atoms with van der Waals surface area (Å²) in [5, 5.41) is 12.9. The summed E-state index contributed by atoms with van der Waals surface area (Å²) in [5.41, 5.74) is 2.54. The van der Waals surface area contributed by atoms with E-state index in [2.05, 4.69) is 31.5 Å². The van der Waals surface area contributed by atoms with Gasteiger partial charge in [0, 0.05) is 14.1 Å².